The number of phenolic OH excluding ortho intramolecular Hbond substituents is 1. The van der Waals surface area contributed by atoms with Gasteiger partial charge in [-0.05, 0) is 13.0 Å². The maximum absolute atomic E-state index is 11.2. The van der Waals surface area contributed by atoms with E-state index in [0.717, 1.165) is 0 Å². The molecule has 1 aromatic rings. The molecule has 5 N–H and O–H groups in total. The number of carbonyl (C=O) groups is 2. The largest absolute Gasteiger partial charge is 0.508 e. The average molecular weight is 269 g/mol. The predicted molar refractivity (Wildman–Crippen MR) is 64.7 cm³/mol. The number of carboxylic acids is 2. The lowest BCUT2D eigenvalue weighted by Crippen LogP contribution is -2.48. The Morgan fingerprint density at radius 2 is 1.74 bits per heavy atom. The molecule has 0 aromatic heterocycles. The van der Waals surface area contributed by atoms with Gasteiger partial charge in [-0.15, -0.1) is 0 Å². The van der Waals surface area contributed by atoms with E-state index < -0.39 is 30.1 Å². The van der Waals surface area contributed by atoms with Gasteiger partial charge in [-0.3, -0.25) is 14.9 Å². The van der Waals surface area contributed by atoms with Crippen molar-refractivity contribution in [3.63, 3.8) is 0 Å². The minimum absolute atomic E-state index is 0.0295. The molecule has 0 aliphatic carbocycles. The highest BCUT2D eigenvalue weighted by Crippen LogP contribution is 2.24. The lowest BCUT2D eigenvalue weighted by atomic mass is 10.0. The van der Waals surface area contributed by atoms with Crippen molar-refractivity contribution in [1.29, 1.82) is 0 Å². The van der Waals surface area contributed by atoms with Gasteiger partial charge < -0.3 is 20.4 Å². The summed E-state index contributed by atoms with van der Waals surface area (Å²) in [6.07, 6.45) is -1.29. The molecule has 0 saturated heterocycles. The molecule has 0 amide bonds. The van der Waals surface area contributed by atoms with Gasteiger partial charge in [0.25, 0.3) is 0 Å². The van der Waals surface area contributed by atoms with Crippen molar-refractivity contribution < 1.29 is 30.0 Å². The van der Waals surface area contributed by atoms with E-state index in [1.165, 1.54) is 31.2 Å². The summed E-state index contributed by atoms with van der Waals surface area (Å²) in [5.41, 5.74) is 0.0295. The van der Waals surface area contributed by atoms with Crippen LogP contribution >= 0.6 is 0 Å². The molecule has 1 rings (SSSR count). The van der Waals surface area contributed by atoms with Gasteiger partial charge in [0.2, 0.25) is 0 Å². The van der Waals surface area contributed by atoms with Crippen molar-refractivity contribution in [3.8, 4) is 5.75 Å². The number of aromatic hydroxyl groups is 1. The molecule has 3 unspecified atom stereocenters. The Morgan fingerprint density at radius 1 is 1.16 bits per heavy atom. The summed E-state index contributed by atoms with van der Waals surface area (Å²) in [5, 5.41) is 39.3. The average Bonchev–Trinajstić information content (AvgIpc) is 2.30. The molecule has 19 heavy (non-hydrogen) atoms. The van der Waals surface area contributed by atoms with Crippen molar-refractivity contribution in [2.24, 2.45) is 0 Å². The van der Waals surface area contributed by atoms with Crippen LogP contribution in [0, 0.1) is 0 Å². The SMILES string of the molecule is CC(O)C(NC(C(=O)O)c1ccccc1O)C(=O)O. The molecule has 0 saturated carbocycles. The monoisotopic (exact) mass is 269 g/mol. The van der Waals surface area contributed by atoms with Gasteiger partial charge in [0.15, 0.2) is 0 Å². The molecule has 7 heteroatoms. The third kappa shape index (κ3) is 3.67. The number of phenols is 1. The fourth-order valence-corrected chi connectivity index (χ4v) is 1.62. The van der Waals surface area contributed by atoms with Gasteiger partial charge in [-0.25, -0.2) is 0 Å². The molecule has 1 aromatic carbocycles. The Balaban J connectivity index is 3.06. The van der Waals surface area contributed by atoms with Gasteiger partial charge in [0.05, 0.1) is 6.10 Å². The third-order valence-electron chi connectivity index (χ3n) is 2.59. The predicted octanol–water partition coefficient (Wildman–Crippen LogP) is -0.0585. The summed E-state index contributed by atoms with van der Waals surface area (Å²) >= 11 is 0. The molecule has 0 spiro atoms. The van der Waals surface area contributed by atoms with Crippen LogP contribution in [0.3, 0.4) is 0 Å². The van der Waals surface area contributed by atoms with Crippen LogP contribution in [0.4, 0.5) is 0 Å². The van der Waals surface area contributed by atoms with Crippen LogP contribution in [-0.2, 0) is 9.59 Å². The first-order chi connectivity index (χ1) is 8.84. The van der Waals surface area contributed by atoms with Gasteiger partial charge >= 0.3 is 11.9 Å². The number of aliphatic hydroxyl groups excluding tert-OH is 1. The summed E-state index contributed by atoms with van der Waals surface area (Å²) in [6, 6.07) is 2.80. The molecular formula is C12H15NO6. The lowest BCUT2D eigenvalue weighted by Gasteiger charge is -2.22. The summed E-state index contributed by atoms with van der Waals surface area (Å²) < 4.78 is 0. The fourth-order valence-electron chi connectivity index (χ4n) is 1.62. The molecule has 104 valence electrons. The zero-order valence-electron chi connectivity index (χ0n) is 10.1. The second-order valence-corrected chi connectivity index (χ2v) is 4.05. The smallest absolute Gasteiger partial charge is 0.325 e. The van der Waals surface area contributed by atoms with Crippen LogP contribution in [0.25, 0.3) is 0 Å². The van der Waals surface area contributed by atoms with E-state index in [9.17, 15) is 19.8 Å². The Hall–Kier alpha value is -2.12. The highest BCUT2D eigenvalue weighted by molar-refractivity contribution is 5.79. The van der Waals surface area contributed by atoms with Gasteiger partial charge in [0.1, 0.15) is 17.8 Å². The van der Waals surface area contributed by atoms with Crippen molar-refractivity contribution in [2.75, 3.05) is 0 Å². The summed E-state index contributed by atoms with van der Waals surface area (Å²) in [4.78, 5) is 22.1. The van der Waals surface area contributed by atoms with Gasteiger partial charge in [-0.2, -0.15) is 0 Å². The number of carboxylic acid groups (broad SMARTS) is 2. The first kappa shape index (κ1) is 14.9. The molecule has 7 nitrogen and oxygen atoms in total. The minimum Gasteiger partial charge on any atom is -0.508 e. The number of hydrogen-bond donors (Lipinski definition) is 5. The highest BCUT2D eigenvalue weighted by Gasteiger charge is 2.31. The van der Waals surface area contributed by atoms with Gasteiger partial charge in [-0.1, -0.05) is 18.2 Å². The highest BCUT2D eigenvalue weighted by atomic mass is 16.4. The fraction of sp³-hybridized carbons (Fsp3) is 0.333. The molecule has 0 aliphatic heterocycles. The second kappa shape index (κ2) is 6.17. The Kier molecular flexibility index (Phi) is 4.85. The number of aliphatic hydroxyl groups is 1. The van der Waals surface area contributed by atoms with Crippen molar-refractivity contribution in [2.45, 2.75) is 25.1 Å². The summed E-state index contributed by atoms with van der Waals surface area (Å²) in [6.45, 7) is 1.23. The Bertz CT molecular complexity index is 473. The maximum Gasteiger partial charge on any atom is 0.325 e. The number of hydrogen-bond acceptors (Lipinski definition) is 5. The molecular weight excluding hydrogens is 254 g/mol. The molecule has 0 bridgehead atoms. The number of rotatable bonds is 6. The van der Waals surface area contributed by atoms with Crippen LogP contribution in [0.15, 0.2) is 24.3 Å². The zero-order chi connectivity index (χ0) is 14.6. The molecule has 0 aliphatic rings. The van der Waals surface area contributed by atoms with Crippen LogP contribution < -0.4 is 5.32 Å². The normalized spacial score (nSPS) is 15.5. The van der Waals surface area contributed by atoms with Crippen molar-refractivity contribution in [1.82, 2.24) is 5.32 Å². The second-order valence-electron chi connectivity index (χ2n) is 4.05. The number of nitrogens with one attached hydrogen (secondary N) is 1. The van der Waals surface area contributed by atoms with E-state index in [4.69, 9.17) is 10.2 Å². The molecule has 0 fully saturated rings. The van der Waals surface area contributed by atoms with Crippen LogP contribution in [0.5, 0.6) is 5.75 Å². The topological polar surface area (TPSA) is 127 Å². The molecule has 0 radical (unpaired) electrons. The number of para-hydroxylation sites is 1. The van der Waals surface area contributed by atoms with E-state index in [0.29, 0.717) is 0 Å². The van der Waals surface area contributed by atoms with Crippen molar-refractivity contribution >= 4 is 11.9 Å². The van der Waals surface area contributed by atoms with Crippen LogP contribution in [-0.4, -0.2) is 44.5 Å². The first-order valence-corrected chi connectivity index (χ1v) is 5.52. The lowest BCUT2D eigenvalue weighted by molar-refractivity contribution is -0.144. The van der Waals surface area contributed by atoms with E-state index >= 15 is 0 Å². The first-order valence-electron chi connectivity index (χ1n) is 5.52. The standard InChI is InChI=1S/C12H15NO6/c1-6(14)9(11(16)17)13-10(12(18)19)7-4-2-3-5-8(7)15/h2-6,9-10,13-15H,1H3,(H,16,17)(H,18,19). The van der Waals surface area contributed by atoms with Crippen LogP contribution in [0.2, 0.25) is 0 Å². The molecule has 3 atom stereocenters. The quantitative estimate of drug-likeness (QED) is 0.489. The number of aliphatic carboxylic acids is 2. The van der Waals surface area contributed by atoms with E-state index in [-0.39, 0.29) is 11.3 Å². The van der Waals surface area contributed by atoms with Gasteiger partial charge in [0, 0.05) is 5.56 Å². The Morgan fingerprint density at radius 3 is 2.16 bits per heavy atom. The maximum atomic E-state index is 11.2. The minimum atomic E-state index is -1.46. The van der Waals surface area contributed by atoms with E-state index in [2.05, 4.69) is 5.32 Å². The zero-order valence-corrected chi connectivity index (χ0v) is 10.1. The van der Waals surface area contributed by atoms with E-state index in [1.54, 1.807) is 0 Å². The van der Waals surface area contributed by atoms with Crippen molar-refractivity contribution in [3.05, 3.63) is 29.8 Å². The summed E-state index contributed by atoms with van der Waals surface area (Å²) in [5.74, 6) is -3.00. The molecule has 0 heterocycles. The number of benzene rings is 1. The van der Waals surface area contributed by atoms with Crippen LogP contribution in [0.1, 0.15) is 18.5 Å². The Labute approximate surface area is 109 Å². The summed E-state index contributed by atoms with van der Waals surface area (Å²) in [7, 11) is 0. The van der Waals surface area contributed by atoms with E-state index in [1.807, 2.05) is 0 Å². The third-order valence-corrected chi connectivity index (χ3v) is 2.59.